The van der Waals surface area contributed by atoms with E-state index in [1.807, 2.05) is 31.3 Å². The van der Waals surface area contributed by atoms with Gasteiger partial charge in [0.2, 0.25) is 0 Å². The van der Waals surface area contributed by atoms with Gasteiger partial charge in [-0.15, -0.1) is 0 Å². The summed E-state index contributed by atoms with van der Waals surface area (Å²) >= 11 is 0. The lowest BCUT2D eigenvalue weighted by Crippen LogP contribution is -2.13. The molecule has 0 radical (unpaired) electrons. The van der Waals surface area contributed by atoms with Crippen molar-refractivity contribution in [3.05, 3.63) is 47.8 Å². The Balaban J connectivity index is 2.07. The predicted molar refractivity (Wildman–Crippen MR) is 77.7 cm³/mol. The van der Waals surface area contributed by atoms with Crippen molar-refractivity contribution in [1.82, 2.24) is 9.78 Å². The zero-order chi connectivity index (χ0) is 14.8. The molecule has 0 aliphatic heterocycles. The topological polar surface area (TPSA) is 44.1 Å². The number of carbonyl (C=O) groups excluding carboxylic acids is 1. The molecule has 0 fully saturated rings. The van der Waals surface area contributed by atoms with Crippen LogP contribution in [0, 0.1) is 0 Å². The maximum atomic E-state index is 11.9. The number of ether oxygens (including phenoxy) is 1. The first-order chi connectivity index (χ1) is 9.36. The second kappa shape index (κ2) is 5.49. The average Bonchev–Trinajstić information content (AvgIpc) is 2.72. The maximum Gasteiger partial charge on any atom is 0.317 e. The molecule has 0 unspecified atom stereocenters. The first-order valence-corrected chi connectivity index (χ1v) is 6.65. The highest BCUT2D eigenvalue weighted by molar-refractivity contribution is 5.74. The molecule has 0 amide bonds. The van der Waals surface area contributed by atoms with Crippen LogP contribution < -0.4 is 4.74 Å². The molecule has 1 heterocycles. The van der Waals surface area contributed by atoms with Gasteiger partial charge in [0.25, 0.3) is 0 Å². The van der Waals surface area contributed by atoms with Crippen molar-refractivity contribution in [3.8, 4) is 5.75 Å². The number of aromatic nitrogens is 2. The molecule has 0 atom stereocenters. The predicted octanol–water partition coefficient (Wildman–Crippen LogP) is 2.87. The van der Waals surface area contributed by atoms with E-state index in [0.29, 0.717) is 5.75 Å². The van der Waals surface area contributed by atoms with Crippen LogP contribution in [-0.4, -0.2) is 15.7 Å². The highest BCUT2D eigenvalue weighted by Gasteiger charge is 2.20. The summed E-state index contributed by atoms with van der Waals surface area (Å²) in [6.07, 6.45) is 0.217. The molecule has 106 valence electrons. The summed E-state index contributed by atoms with van der Waals surface area (Å²) in [6.45, 7) is 6.30. The van der Waals surface area contributed by atoms with Gasteiger partial charge < -0.3 is 4.74 Å². The standard InChI is InChI=1S/C16H20N2O2/c1-16(2,3)14-10-12(18(4)17-14)11-15(19)20-13-8-6-5-7-9-13/h5-10H,11H2,1-4H3. The molecule has 4 heteroatoms. The lowest BCUT2D eigenvalue weighted by atomic mass is 9.92. The number of benzene rings is 1. The van der Waals surface area contributed by atoms with Gasteiger partial charge in [-0.1, -0.05) is 39.0 Å². The molecule has 0 aliphatic carbocycles. The third kappa shape index (κ3) is 3.47. The Morgan fingerprint density at radius 2 is 1.90 bits per heavy atom. The molecule has 0 spiro atoms. The smallest absolute Gasteiger partial charge is 0.317 e. The van der Waals surface area contributed by atoms with Crippen LogP contribution in [0.1, 0.15) is 32.2 Å². The summed E-state index contributed by atoms with van der Waals surface area (Å²) in [4.78, 5) is 11.9. The number of nitrogens with zero attached hydrogens (tertiary/aromatic N) is 2. The third-order valence-electron chi connectivity index (χ3n) is 3.05. The van der Waals surface area contributed by atoms with Gasteiger partial charge in [0.05, 0.1) is 12.1 Å². The number of rotatable bonds is 3. The van der Waals surface area contributed by atoms with E-state index in [1.165, 1.54) is 0 Å². The van der Waals surface area contributed by atoms with E-state index in [1.54, 1.807) is 16.8 Å². The Morgan fingerprint density at radius 1 is 1.25 bits per heavy atom. The normalized spacial score (nSPS) is 11.4. The fraction of sp³-hybridized carbons (Fsp3) is 0.375. The quantitative estimate of drug-likeness (QED) is 0.637. The Kier molecular flexibility index (Phi) is 3.93. The van der Waals surface area contributed by atoms with E-state index in [9.17, 15) is 4.79 Å². The molecule has 2 aromatic rings. The van der Waals surface area contributed by atoms with Gasteiger partial charge in [-0.3, -0.25) is 9.48 Å². The zero-order valence-corrected chi connectivity index (χ0v) is 12.4. The molecular formula is C16H20N2O2. The largest absolute Gasteiger partial charge is 0.426 e. The van der Waals surface area contributed by atoms with Crippen LogP contribution in [0.15, 0.2) is 36.4 Å². The fourth-order valence-electron chi connectivity index (χ4n) is 1.84. The van der Waals surface area contributed by atoms with E-state index in [2.05, 4.69) is 25.9 Å². The van der Waals surface area contributed by atoms with Gasteiger partial charge in [0, 0.05) is 18.2 Å². The first-order valence-electron chi connectivity index (χ1n) is 6.65. The number of carbonyl (C=O) groups is 1. The minimum atomic E-state index is -0.278. The molecule has 4 nitrogen and oxygen atoms in total. The molecule has 1 aromatic heterocycles. The summed E-state index contributed by atoms with van der Waals surface area (Å²) in [5.41, 5.74) is 1.80. The van der Waals surface area contributed by atoms with Gasteiger partial charge in [0.1, 0.15) is 5.75 Å². The van der Waals surface area contributed by atoms with Crippen molar-refractivity contribution in [2.24, 2.45) is 7.05 Å². The van der Waals surface area contributed by atoms with Crippen molar-refractivity contribution in [2.45, 2.75) is 32.6 Å². The maximum absolute atomic E-state index is 11.9. The van der Waals surface area contributed by atoms with E-state index >= 15 is 0 Å². The molecule has 0 bridgehead atoms. The van der Waals surface area contributed by atoms with Crippen molar-refractivity contribution in [1.29, 1.82) is 0 Å². The SMILES string of the molecule is Cn1nc(C(C)(C)C)cc1CC(=O)Oc1ccccc1. The van der Waals surface area contributed by atoms with Crippen molar-refractivity contribution < 1.29 is 9.53 Å². The van der Waals surface area contributed by atoms with Gasteiger partial charge in [0.15, 0.2) is 0 Å². The molecule has 0 aliphatic rings. The second-order valence-corrected chi connectivity index (χ2v) is 5.86. The van der Waals surface area contributed by atoms with Crippen LogP contribution in [0.4, 0.5) is 0 Å². The molecule has 2 rings (SSSR count). The Labute approximate surface area is 119 Å². The molecular weight excluding hydrogens is 252 g/mol. The van der Waals surface area contributed by atoms with E-state index in [0.717, 1.165) is 11.4 Å². The van der Waals surface area contributed by atoms with Crippen LogP contribution in [0.5, 0.6) is 5.75 Å². The van der Waals surface area contributed by atoms with Gasteiger partial charge in [-0.2, -0.15) is 5.10 Å². The lowest BCUT2D eigenvalue weighted by Gasteiger charge is -2.13. The van der Waals surface area contributed by atoms with Gasteiger partial charge >= 0.3 is 5.97 Å². The molecule has 0 N–H and O–H groups in total. The van der Waals surface area contributed by atoms with Crippen LogP contribution in [0.2, 0.25) is 0 Å². The Bertz CT molecular complexity index is 595. The van der Waals surface area contributed by atoms with Crippen molar-refractivity contribution >= 4 is 5.97 Å². The summed E-state index contributed by atoms with van der Waals surface area (Å²) in [5, 5.41) is 4.45. The van der Waals surface area contributed by atoms with Crippen LogP contribution in [0.3, 0.4) is 0 Å². The summed E-state index contributed by atoms with van der Waals surface area (Å²) in [7, 11) is 1.85. The number of aryl methyl sites for hydroxylation is 1. The second-order valence-electron chi connectivity index (χ2n) is 5.86. The van der Waals surface area contributed by atoms with Gasteiger partial charge in [-0.05, 0) is 18.2 Å². The number of para-hydroxylation sites is 1. The average molecular weight is 272 g/mol. The summed E-state index contributed by atoms with van der Waals surface area (Å²) in [5.74, 6) is 0.287. The first kappa shape index (κ1) is 14.3. The Morgan fingerprint density at radius 3 is 2.45 bits per heavy atom. The zero-order valence-electron chi connectivity index (χ0n) is 12.4. The number of hydrogen-bond donors (Lipinski definition) is 0. The number of esters is 1. The van der Waals surface area contributed by atoms with E-state index in [4.69, 9.17) is 4.74 Å². The lowest BCUT2D eigenvalue weighted by molar-refractivity contribution is -0.133. The highest BCUT2D eigenvalue weighted by Crippen LogP contribution is 2.21. The fourth-order valence-corrected chi connectivity index (χ4v) is 1.84. The molecule has 20 heavy (non-hydrogen) atoms. The number of hydrogen-bond acceptors (Lipinski definition) is 3. The minimum absolute atomic E-state index is 0.0284. The van der Waals surface area contributed by atoms with Crippen molar-refractivity contribution in [3.63, 3.8) is 0 Å². The highest BCUT2D eigenvalue weighted by atomic mass is 16.5. The Hall–Kier alpha value is -2.10. The third-order valence-corrected chi connectivity index (χ3v) is 3.05. The molecule has 0 saturated heterocycles. The van der Waals surface area contributed by atoms with Crippen LogP contribution in [-0.2, 0) is 23.7 Å². The van der Waals surface area contributed by atoms with Crippen molar-refractivity contribution in [2.75, 3.05) is 0 Å². The van der Waals surface area contributed by atoms with E-state index < -0.39 is 0 Å². The van der Waals surface area contributed by atoms with E-state index in [-0.39, 0.29) is 17.8 Å². The summed E-state index contributed by atoms with van der Waals surface area (Å²) in [6, 6.07) is 11.1. The molecule has 0 saturated carbocycles. The van der Waals surface area contributed by atoms with Crippen LogP contribution >= 0.6 is 0 Å². The molecule has 1 aromatic carbocycles. The summed E-state index contributed by atoms with van der Waals surface area (Å²) < 4.78 is 7.03. The minimum Gasteiger partial charge on any atom is -0.426 e. The van der Waals surface area contributed by atoms with Crippen LogP contribution in [0.25, 0.3) is 0 Å². The van der Waals surface area contributed by atoms with Gasteiger partial charge in [-0.25, -0.2) is 0 Å². The monoisotopic (exact) mass is 272 g/mol.